The molecule has 2 aromatic rings. The second-order valence-electron chi connectivity index (χ2n) is 6.13. The number of anilines is 1. The van der Waals surface area contributed by atoms with E-state index in [1.807, 2.05) is 44.2 Å². The number of nitrogens with zero attached hydrogens (tertiary/aromatic N) is 1. The van der Waals surface area contributed by atoms with Crippen LogP contribution in [0.2, 0.25) is 0 Å². The molecule has 1 amide bonds. The highest BCUT2D eigenvalue weighted by atomic mass is 16.2. The van der Waals surface area contributed by atoms with Gasteiger partial charge in [0.05, 0.1) is 16.6 Å². The fourth-order valence-electron chi connectivity index (χ4n) is 2.87. The number of benzene rings is 1. The molecule has 4 heteroatoms. The molecule has 1 unspecified atom stereocenters. The third kappa shape index (κ3) is 2.76. The second kappa shape index (κ2) is 5.45. The van der Waals surface area contributed by atoms with Crippen molar-refractivity contribution in [1.82, 2.24) is 10.3 Å². The summed E-state index contributed by atoms with van der Waals surface area (Å²) >= 11 is 0. The normalized spacial score (nSPS) is 22.2. The summed E-state index contributed by atoms with van der Waals surface area (Å²) < 4.78 is 0. The second-order valence-corrected chi connectivity index (χ2v) is 6.13. The minimum Gasteiger partial charge on any atom is -0.324 e. The number of amides is 1. The van der Waals surface area contributed by atoms with Crippen molar-refractivity contribution in [2.45, 2.75) is 26.7 Å². The van der Waals surface area contributed by atoms with Crippen LogP contribution in [0.5, 0.6) is 0 Å². The number of para-hydroxylation sites is 1. The van der Waals surface area contributed by atoms with Gasteiger partial charge in [0.1, 0.15) is 0 Å². The average Bonchev–Trinajstić information content (AvgIpc) is 2.48. The van der Waals surface area contributed by atoms with Crippen molar-refractivity contribution < 1.29 is 4.79 Å². The van der Waals surface area contributed by atoms with Gasteiger partial charge in [-0.3, -0.25) is 9.78 Å². The van der Waals surface area contributed by atoms with E-state index in [4.69, 9.17) is 0 Å². The number of fused-ring (bicyclic) bond motifs is 1. The number of rotatable bonds is 2. The van der Waals surface area contributed by atoms with Crippen LogP contribution in [0.1, 0.15) is 25.5 Å². The molecular weight excluding hydrogens is 262 g/mol. The highest BCUT2D eigenvalue weighted by Crippen LogP contribution is 2.29. The zero-order chi connectivity index (χ0) is 14.9. The summed E-state index contributed by atoms with van der Waals surface area (Å²) in [6.07, 6.45) is 1.96. The van der Waals surface area contributed by atoms with E-state index in [2.05, 4.69) is 15.6 Å². The van der Waals surface area contributed by atoms with Gasteiger partial charge >= 0.3 is 0 Å². The maximum Gasteiger partial charge on any atom is 0.231 e. The number of aryl methyl sites for hydroxylation is 1. The Morgan fingerprint density at radius 2 is 2.19 bits per heavy atom. The number of hydrogen-bond acceptors (Lipinski definition) is 3. The third-order valence-corrected chi connectivity index (χ3v) is 4.25. The molecule has 1 aromatic carbocycles. The minimum absolute atomic E-state index is 0.0745. The van der Waals surface area contributed by atoms with Crippen LogP contribution in [0.3, 0.4) is 0 Å². The summed E-state index contributed by atoms with van der Waals surface area (Å²) in [6.45, 7) is 5.72. The molecule has 110 valence electrons. The smallest absolute Gasteiger partial charge is 0.231 e. The minimum atomic E-state index is -0.343. The van der Waals surface area contributed by atoms with Gasteiger partial charge in [-0.1, -0.05) is 18.2 Å². The predicted molar refractivity (Wildman–Crippen MR) is 85.3 cm³/mol. The van der Waals surface area contributed by atoms with Crippen LogP contribution in [0.4, 0.5) is 5.69 Å². The van der Waals surface area contributed by atoms with E-state index in [0.717, 1.165) is 48.2 Å². The van der Waals surface area contributed by atoms with Gasteiger partial charge in [-0.25, -0.2) is 0 Å². The monoisotopic (exact) mass is 283 g/mol. The number of nitrogens with one attached hydrogen (secondary N) is 2. The molecule has 1 saturated heterocycles. The van der Waals surface area contributed by atoms with Crippen molar-refractivity contribution in [2.75, 3.05) is 18.4 Å². The maximum absolute atomic E-state index is 12.6. The molecule has 0 bridgehead atoms. The number of hydrogen-bond donors (Lipinski definition) is 2. The zero-order valence-corrected chi connectivity index (χ0v) is 12.6. The van der Waals surface area contributed by atoms with Crippen LogP contribution in [-0.4, -0.2) is 24.0 Å². The fraction of sp³-hybridized carbons (Fsp3) is 0.412. The van der Waals surface area contributed by atoms with Crippen molar-refractivity contribution in [1.29, 1.82) is 0 Å². The van der Waals surface area contributed by atoms with Gasteiger partial charge in [-0.15, -0.1) is 0 Å². The Morgan fingerprint density at radius 1 is 1.33 bits per heavy atom. The lowest BCUT2D eigenvalue weighted by Crippen LogP contribution is -2.46. The molecule has 1 aromatic heterocycles. The summed E-state index contributed by atoms with van der Waals surface area (Å²) in [6, 6.07) is 9.92. The van der Waals surface area contributed by atoms with Gasteiger partial charge < -0.3 is 10.6 Å². The molecule has 21 heavy (non-hydrogen) atoms. The van der Waals surface area contributed by atoms with Gasteiger partial charge in [-0.05, 0) is 45.4 Å². The van der Waals surface area contributed by atoms with Crippen LogP contribution in [0.25, 0.3) is 10.9 Å². The van der Waals surface area contributed by atoms with Gasteiger partial charge in [0.15, 0.2) is 0 Å². The van der Waals surface area contributed by atoms with Gasteiger partial charge in [-0.2, -0.15) is 0 Å². The first-order valence-corrected chi connectivity index (χ1v) is 7.47. The molecule has 0 saturated carbocycles. The third-order valence-electron chi connectivity index (χ3n) is 4.25. The summed E-state index contributed by atoms with van der Waals surface area (Å²) in [5.41, 5.74) is 2.27. The number of pyridine rings is 1. The highest BCUT2D eigenvalue weighted by molar-refractivity contribution is 6.02. The SMILES string of the molecule is Cc1ccc2cccc(NC(=O)C3(C)CCCNC3)c2n1. The van der Waals surface area contributed by atoms with Crippen LogP contribution in [-0.2, 0) is 4.79 Å². The van der Waals surface area contributed by atoms with E-state index < -0.39 is 0 Å². The van der Waals surface area contributed by atoms with Crippen molar-refractivity contribution >= 4 is 22.5 Å². The Morgan fingerprint density at radius 3 is 2.95 bits per heavy atom. The Bertz CT molecular complexity index is 675. The maximum atomic E-state index is 12.6. The molecule has 2 N–H and O–H groups in total. The Labute approximate surface area is 125 Å². The molecule has 2 heterocycles. The molecule has 1 atom stereocenters. The first-order valence-electron chi connectivity index (χ1n) is 7.47. The van der Waals surface area contributed by atoms with Gasteiger partial charge in [0, 0.05) is 17.6 Å². The molecule has 3 rings (SSSR count). The predicted octanol–water partition coefficient (Wildman–Crippen LogP) is 2.87. The van der Waals surface area contributed by atoms with Crippen LogP contribution >= 0.6 is 0 Å². The Balaban J connectivity index is 1.91. The molecule has 1 aliphatic rings. The molecule has 0 aliphatic carbocycles. The lowest BCUT2D eigenvalue weighted by atomic mass is 9.82. The summed E-state index contributed by atoms with van der Waals surface area (Å²) in [7, 11) is 0. The first-order chi connectivity index (χ1) is 10.1. The Kier molecular flexibility index (Phi) is 3.64. The first kappa shape index (κ1) is 14.0. The summed E-state index contributed by atoms with van der Waals surface area (Å²) in [4.78, 5) is 17.2. The van der Waals surface area contributed by atoms with Crippen molar-refractivity contribution in [3.05, 3.63) is 36.0 Å². The van der Waals surface area contributed by atoms with Crippen LogP contribution in [0, 0.1) is 12.3 Å². The lowest BCUT2D eigenvalue weighted by molar-refractivity contribution is -0.125. The zero-order valence-electron chi connectivity index (χ0n) is 12.6. The topological polar surface area (TPSA) is 54.0 Å². The van der Waals surface area contributed by atoms with E-state index in [0.29, 0.717) is 0 Å². The summed E-state index contributed by atoms with van der Waals surface area (Å²) in [5, 5.41) is 7.44. The largest absolute Gasteiger partial charge is 0.324 e. The van der Waals surface area contributed by atoms with E-state index >= 15 is 0 Å². The van der Waals surface area contributed by atoms with Crippen molar-refractivity contribution in [3.63, 3.8) is 0 Å². The molecule has 0 radical (unpaired) electrons. The molecular formula is C17H21N3O. The number of carbonyl (C=O) groups is 1. The lowest BCUT2D eigenvalue weighted by Gasteiger charge is -2.32. The molecule has 4 nitrogen and oxygen atoms in total. The van der Waals surface area contributed by atoms with Gasteiger partial charge in [0.25, 0.3) is 0 Å². The number of piperidine rings is 1. The average molecular weight is 283 g/mol. The summed E-state index contributed by atoms with van der Waals surface area (Å²) in [5.74, 6) is 0.0745. The standard InChI is InChI=1S/C17H21N3O/c1-12-7-8-13-5-3-6-14(15(13)19-12)20-16(21)17(2)9-4-10-18-11-17/h3,5-8,18H,4,9-11H2,1-2H3,(H,20,21). The molecule has 1 fully saturated rings. The van der Waals surface area contributed by atoms with Crippen LogP contribution in [0.15, 0.2) is 30.3 Å². The van der Waals surface area contributed by atoms with Gasteiger partial charge in [0.2, 0.25) is 5.91 Å². The van der Waals surface area contributed by atoms with E-state index in [9.17, 15) is 4.79 Å². The highest BCUT2D eigenvalue weighted by Gasteiger charge is 2.34. The van der Waals surface area contributed by atoms with Crippen LogP contribution < -0.4 is 10.6 Å². The number of aromatic nitrogens is 1. The van der Waals surface area contributed by atoms with E-state index in [1.165, 1.54) is 0 Å². The molecule has 1 aliphatic heterocycles. The quantitative estimate of drug-likeness (QED) is 0.891. The number of carbonyl (C=O) groups excluding carboxylic acids is 1. The van der Waals surface area contributed by atoms with E-state index in [-0.39, 0.29) is 11.3 Å². The van der Waals surface area contributed by atoms with E-state index in [1.54, 1.807) is 0 Å². The van der Waals surface area contributed by atoms with Crippen molar-refractivity contribution in [3.8, 4) is 0 Å². The molecule has 0 spiro atoms. The van der Waals surface area contributed by atoms with Crippen molar-refractivity contribution in [2.24, 2.45) is 5.41 Å². The Hall–Kier alpha value is -1.94. The fourth-order valence-corrected chi connectivity index (χ4v) is 2.87.